The number of H-pyrrole nitrogens is 1. The number of phenolic OH excluding ortho intramolecular Hbond substituents is 1. The fraction of sp³-hybridized carbons (Fsp3) is 0.237. The number of carbonyl (C=O) groups is 4. The number of amides is 6. The van der Waals surface area contributed by atoms with Gasteiger partial charge in [-0.2, -0.15) is 14.8 Å². The SMILES string of the molecule is C=CC(=O)Nc1cc(-c2nnn(COc3cc(OC)c(Cl)c(N4Cc5cnc(Nc6ccccc6NC(=O)C=C)nc5N(Cc5ccn[nH]5)C4=O)c3Cl)[n+]2C)ccc1CCCC1=C(C)CCC2=C(C=N1)CN(c1cc(C)cc(O)c1)C(=O)N2C. The number of halogens is 2. The minimum Gasteiger partial charge on any atom is -0.508 e. The Balaban J connectivity index is 0.855. The van der Waals surface area contributed by atoms with Gasteiger partial charge in [0, 0.05) is 71.7 Å². The number of urea groups is 2. The Morgan fingerprint density at radius 1 is 0.893 bits per heavy atom. The molecule has 23 nitrogen and oxygen atoms in total. The maximum absolute atomic E-state index is 14.9. The minimum absolute atomic E-state index is 0.000448. The monoisotopic (exact) mass is 1170 g/mol. The number of aromatic amines is 1. The lowest BCUT2D eigenvalue weighted by molar-refractivity contribution is -0.752. The van der Waals surface area contributed by atoms with Gasteiger partial charge in [0.25, 0.3) is 0 Å². The first-order valence-electron chi connectivity index (χ1n) is 26.6. The van der Waals surface area contributed by atoms with Crippen molar-refractivity contribution in [3.05, 3.63) is 165 Å². The summed E-state index contributed by atoms with van der Waals surface area (Å²) in [5.41, 5.74) is 9.74. The second-order valence-electron chi connectivity index (χ2n) is 20.0. The normalized spacial score (nSPS) is 14.2. The molecule has 0 bridgehead atoms. The van der Waals surface area contributed by atoms with Gasteiger partial charge >= 0.3 is 17.9 Å². The number of benzene rings is 4. The quantitative estimate of drug-likeness (QED) is 0.0373. The second-order valence-corrected chi connectivity index (χ2v) is 20.8. The lowest BCUT2D eigenvalue weighted by Gasteiger charge is -2.37. The molecule has 6 amide bonds. The van der Waals surface area contributed by atoms with E-state index in [2.05, 4.69) is 61.5 Å². The van der Waals surface area contributed by atoms with E-state index in [1.807, 2.05) is 37.4 Å². The number of hydrogen-bond donors (Lipinski definition) is 5. The summed E-state index contributed by atoms with van der Waals surface area (Å²) in [5.74, 6) is 0.494. The number of fused-ring (bicyclic) bond motifs is 1. The largest absolute Gasteiger partial charge is 0.508 e. The molecule has 0 saturated heterocycles. The molecule has 7 aromatic rings. The summed E-state index contributed by atoms with van der Waals surface area (Å²) >= 11 is 14.2. The van der Waals surface area contributed by atoms with Crippen molar-refractivity contribution >= 4 is 93.5 Å². The highest BCUT2D eigenvalue weighted by Crippen LogP contribution is 2.48. The number of aromatic nitrogens is 8. The van der Waals surface area contributed by atoms with Crippen LogP contribution in [0.15, 0.2) is 138 Å². The molecule has 5 N–H and O–H groups in total. The Kier molecular flexibility index (Phi) is 16.9. The molecule has 0 atom stereocenters. The molecule has 0 saturated carbocycles. The predicted octanol–water partition coefficient (Wildman–Crippen LogP) is 10.1. The van der Waals surface area contributed by atoms with E-state index in [1.165, 1.54) is 33.8 Å². The predicted molar refractivity (Wildman–Crippen MR) is 320 cm³/mol. The molecule has 0 unspecified atom stereocenters. The number of nitrogens with zero attached hydrogens (tertiary/aromatic N) is 12. The van der Waals surface area contributed by atoms with Crippen molar-refractivity contribution in [2.24, 2.45) is 12.0 Å². The standard InChI is InChI=1S/C59H58Cl2N16O7/c1-8-50(79)65-44-14-10-11-15-45(44)67-57-63-29-39-31-75(59(82)76(55(39)68-57)32-40-21-22-64-69-40)54-52(60)48(83-7)27-49(53(54)61)84-33-77-71-70-56(73(77)6)37-19-18-36(46(25-37)66-51(80)9-2)13-12-16-43-35(4)17-20-47-38(28-62-43)30-74(58(81)72(47)5)41-23-34(3)24-42(78)26-41/h8-11,14-15,18-19,21-29,71H,1-2,12-13,16-17,20,30-33H2,3-7H3,(H3,64,66,69,78,80)/p+1. The molecule has 25 heteroatoms. The number of tetrazole rings is 1. The number of methoxy groups -OCH3 is 1. The molecule has 0 spiro atoms. The van der Waals surface area contributed by atoms with Crippen LogP contribution < -0.4 is 44.8 Å². The second kappa shape index (κ2) is 24.7. The van der Waals surface area contributed by atoms with Gasteiger partial charge in [0.15, 0.2) is 5.21 Å². The molecule has 3 aliphatic heterocycles. The van der Waals surface area contributed by atoms with Crippen molar-refractivity contribution < 1.29 is 38.4 Å². The van der Waals surface area contributed by atoms with Crippen molar-refractivity contribution in [1.29, 1.82) is 0 Å². The van der Waals surface area contributed by atoms with Crippen molar-refractivity contribution in [3.63, 3.8) is 0 Å². The number of anilines is 7. The van der Waals surface area contributed by atoms with Gasteiger partial charge in [-0.05, 0) is 116 Å². The number of allylic oxidation sites excluding steroid dienone is 3. The van der Waals surface area contributed by atoms with Crippen molar-refractivity contribution in [2.45, 2.75) is 65.8 Å². The zero-order valence-corrected chi connectivity index (χ0v) is 48.1. The van der Waals surface area contributed by atoms with Gasteiger partial charge in [-0.15, -0.1) is 0 Å². The van der Waals surface area contributed by atoms with Gasteiger partial charge in [-0.1, -0.05) is 60.1 Å². The van der Waals surface area contributed by atoms with Crippen LogP contribution in [0.1, 0.15) is 55.0 Å². The zero-order valence-electron chi connectivity index (χ0n) is 46.6. The lowest BCUT2D eigenvalue weighted by atomic mass is 9.97. The molecule has 430 valence electrons. The van der Waals surface area contributed by atoms with Crippen LogP contribution in [0.2, 0.25) is 10.0 Å². The lowest BCUT2D eigenvalue weighted by Crippen LogP contribution is -2.48. The summed E-state index contributed by atoms with van der Waals surface area (Å²) in [6.45, 7) is 11.2. The molecular formula is C59H59Cl2N16O7+. The van der Waals surface area contributed by atoms with E-state index >= 15 is 0 Å². The van der Waals surface area contributed by atoms with Gasteiger partial charge in [0.2, 0.25) is 24.5 Å². The van der Waals surface area contributed by atoms with E-state index in [4.69, 9.17) is 42.7 Å². The Morgan fingerprint density at radius 3 is 2.39 bits per heavy atom. The third kappa shape index (κ3) is 12.0. The highest BCUT2D eigenvalue weighted by atomic mass is 35.5. The fourth-order valence-corrected chi connectivity index (χ4v) is 10.8. The highest BCUT2D eigenvalue weighted by Gasteiger charge is 2.38. The van der Waals surface area contributed by atoms with Crippen LogP contribution >= 0.6 is 23.2 Å². The summed E-state index contributed by atoms with van der Waals surface area (Å²) < 4.78 is 13.7. The van der Waals surface area contributed by atoms with E-state index in [0.29, 0.717) is 83.4 Å². The first-order valence-corrected chi connectivity index (χ1v) is 27.4. The number of aromatic hydroxyl groups is 1. The number of hydrogen-bond acceptors (Lipinski definition) is 14. The van der Waals surface area contributed by atoms with Crippen molar-refractivity contribution in [1.82, 2.24) is 40.2 Å². The third-order valence-corrected chi connectivity index (χ3v) is 15.2. The highest BCUT2D eigenvalue weighted by molar-refractivity contribution is 6.42. The fourth-order valence-electron chi connectivity index (χ4n) is 10.1. The average Bonchev–Trinajstić information content (AvgIpc) is 2.63. The molecule has 3 aliphatic rings. The van der Waals surface area contributed by atoms with Crippen LogP contribution in [-0.2, 0) is 42.9 Å². The van der Waals surface area contributed by atoms with Gasteiger partial charge in [0.1, 0.15) is 38.2 Å². The van der Waals surface area contributed by atoms with Crippen molar-refractivity contribution in [3.8, 4) is 28.6 Å². The number of nitrogens with one attached hydrogen (secondary N) is 4. The smallest absolute Gasteiger partial charge is 0.332 e. The molecule has 0 aliphatic carbocycles. The Morgan fingerprint density at radius 2 is 1.65 bits per heavy atom. The number of phenols is 1. The molecular weight excluding hydrogens is 1120 g/mol. The summed E-state index contributed by atoms with van der Waals surface area (Å²) in [5, 5.41) is 35.1. The average molecular weight is 1180 g/mol. The van der Waals surface area contributed by atoms with Gasteiger partial charge < -0.3 is 35.4 Å². The Labute approximate surface area is 493 Å². The molecule has 0 fully saturated rings. The summed E-state index contributed by atoms with van der Waals surface area (Å²) in [4.78, 5) is 75.4. The topological polar surface area (TPSA) is 257 Å². The van der Waals surface area contributed by atoms with Crippen LogP contribution in [0.5, 0.6) is 17.2 Å². The maximum Gasteiger partial charge on any atom is 0.332 e. The number of para-hydroxylation sites is 2. The maximum atomic E-state index is 14.9. The van der Waals surface area contributed by atoms with Crippen LogP contribution in [0, 0.1) is 6.92 Å². The number of rotatable bonds is 19. The van der Waals surface area contributed by atoms with E-state index < -0.39 is 11.9 Å². The van der Waals surface area contributed by atoms with Crippen LogP contribution in [0.4, 0.5) is 49.8 Å². The zero-order chi connectivity index (χ0) is 59.3. The summed E-state index contributed by atoms with van der Waals surface area (Å²) in [6, 6.07) is 20.4. The van der Waals surface area contributed by atoms with Crippen LogP contribution in [0.3, 0.4) is 0 Å². The number of ether oxygens (including phenoxy) is 2. The summed E-state index contributed by atoms with van der Waals surface area (Å²) in [6.07, 6.45) is 10.8. The molecule has 0 radical (unpaired) electrons. The van der Waals surface area contributed by atoms with Crippen LogP contribution in [0.25, 0.3) is 11.4 Å². The van der Waals surface area contributed by atoms with Gasteiger partial charge in [-0.25, -0.2) is 14.6 Å². The van der Waals surface area contributed by atoms with E-state index in [-0.39, 0.29) is 70.7 Å². The number of carbonyl (C=O) groups excluding carboxylic acids is 4. The molecule has 10 rings (SSSR count). The summed E-state index contributed by atoms with van der Waals surface area (Å²) in [7, 11) is 4.96. The van der Waals surface area contributed by atoms with Gasteiger partial charge in [-0.3, -0.25) is 34.4 Å². The third-order valence-electron chi connectivity index (χ3n) is 14.5. The molecule has 3 aromatic heterocycles. The van der Waals surface area contributed by atoms with Crippen molar-refractivity contribution in [2.75, 3.05) is 51.4 Å². The van der Waals surface area contributed by atoms with Crippen LogP contribution in [-0.4, -0.2) is 96.1 Å². The first-order chi connectivity index (χ1) is 40.5. The Bertz CT molecular complexity index is 3860. The van der Waals surface area contributed by atoms with E-state index in [0.717, 1.165) is 46.2 Å². The number of aliphatic imine (C=N–C) groups is 1. The minimum atomic E-state index is -0.540. The molecule has 84 heavy (non-hydrogen) atoms. The first kappa shape index (κ1) is 57.4. The number of aryl methyl sites for hydroxylation is 2. The molecule has 6 heterocycles. The van der Waals surface area contributed by atoms with E-state index in [1.54, 1.807) is 83.4 Å². The molecule has 4 aromatic carbocycles. The Hall–Kier alpha value is -9.87. The van der Waals surface area contributed by atoms with E-state index in [9.17, 15) is 24.3 Å². The van der Waals surface area contributed by atoms with Gasteiger partial charge in [0.05, 0.1) is 62.1 Å².